The van der Waals surface area contributed by atoms with Gasteiger partial charge in [-0.15, -0.1) is 0 Å². The summed E-state index contributed by atoms with van der Waals surface area (Å²) in [5.41, 5.74) is 0. The van der Waals surface area contributed by atoms with Crippen molar-refractivity contribution in [1.29, 1.82) is 0 Å². The lowest BCUT2D eigenvalue weighted by atomic mass is 10.0. The Hall–Kier alpha value is -0.330. The first-order valence-electron chi connectivity index (χ1n) is 4.75. The number of ketones is 1. The van der Waals surface area contributed by atoms with Crippen LogP contribution in [0.25, 0.3) is 0 Å². The van der Waals surface area contributed by atoms with Gasteiger partial charge in [-0.3, -0.25) is 4.79 Å². The van der Waals surface area contributed by atoms with Gasteiger partial charge < -0.3 is 0 Å². The lowest BCUT2D eigenvalue weighted by Crippen LogP contribution is -2.00. The first-order valence-corrected chi connectivity index (χ1v) is 4.75. The minimum Gasteiger partial charge on any atom is -0.299 e. The molecule has 1 aliphatic rings. The first kappa shape index (κ1) is 8.76. The highest BCUT2D eigenvalue weighted by molar-refractivity contribution is 5.86. The number of hydrogen-bond donors (Lipinski definition) is 0. The van der Waals surface area contributed by atoms with Crippen LogP contribution in [0.3, 0.4) is 0 Å². The van der Waals surface area contributed by atoms with E-state index in [1.54, 1.807) is 0 Å². The summed E-state index contributed by atoms with van der Waals surface area (Å²) >= 11 is 0. The van der Waals surface area contributed by atoms with Crippen LogP contribution < -0.4 is 0 Å². The molecule has 0 aromatic rings. The molecule has 63 valence electrons. The van der Waals surface area contributed by atoms with Crippen LogP contribution in [0.4, 0.5) is 0 Å². The Morgan fingerprint density at radius 1 is 0.909 bits per heavy atom. The molecule has 0 heterocycles. The second-order valence-electron chi connectivity index (χ2n) is 3.33. The van der Waals surface area contributed by atoms with E-state index in [0.29, 0.717) is 5.78 Å². The van der Waals surface area contributed by atoms with Crippen LogP contribution in [0.2, 0.25) is 0 Å². The minimum absolute atomic E-state index is 0.368. The zero-order valence-corrected chi connectivity index (χ0v) is 7.14. The highest BCUT2D eigenvalue weighted by Crippen LogP contribution is 2.13. The topological polar surface area (TPSA) is 17.1 Å². The van der Waals surface area contributed by atoms with Gasteiger partial charge in [0.25, 0.3) is 0 Å². The molecule has 11 heavy (non-hydrogen) atoms. The van der Waals surface area contributed by atoms with Gasteiger partial charge in [-0.2, -0.15) is 0 Å². The standard InChI is InChI=1S/C10H17O/c11-10-8-6-4-2-1-3-5-7-9-10/h8H,1-7,9H2. The second kappa shape index (κ2) is 5.34. The quantitative estimate of drug-likeness (QED) is 0.523. The minimum atomic E-state index is 0.368. The van der Waals surface area contributed by atoms with E-state index >= 15 is 0 Å². The van der Waals surface area contributed by atoms with Crippen molar-refractivity contribution in [2.75, 3.05) is 0 Å². The molecule has 0 amide bonds. The van der Waals surface area contributed by atoms with E-state index in [1.807, 2.05) is 6.42 Å². The van der Waals surface area contributed by atoms with Crippen LogP contribution in [0.5, 0.6) is 0 Å². The zero-order valence-electron chi connectivity index (χ0n) is 7.14. The van der Waals surface area contributed by atoms with Crippen LogP contribution in [0.1, 0.15) is 51.4 Å². The Morgan fingerprint density at radius 2 is 1.55 bits per heavy atom. The maximum Gasteiger partial charge on any atom is 0.136 e. The Kier molecular flexibility index (Phi) is 4.25. The zero-order chi connectivity index (χ0) is 7.94. The molecular formula is C10H17O. The summed E-state index contributed by atoms with van der Waals surface area (Å²) in [6, 6.07) is 0. The molecule has 0 saturated heterocycles. The van der Waals surface area contributed by atoms with Gasteiger partial charge in [0.05, 0.1) is 0 Å². The molecule has 1 rings (SSSR count). The van der Waals surface area contributed by atoms with Crippen molar-refractivity contribution < 1.29 is 4.79 Å². The van der Waals surface area contributed by atoms with Crippen LogP contribution in [0, 0.1) is 6.42 Å². The average Bonchev–Trinajstić information content (AvgIpc) is 2.03. The highest BCUT2D eigenvalue weighted by atomic mass is 16.1. The lowest BCUT2D eigenvalue weighted by Gasteiger charge is -2.05. The van der Waals surface area contributed by atoms with Crippen molar-refractivity contribution in [2.24, 2.45) is 0 Å². The predicted octanol–water partition coefficient (Wildman–Crippen LogP) is 2.89. The third-order valence-corrected chi connectivity index (χ3v) is 2.25. The Labute approximate surface area is 69.2 Å². The fourth-order valence-electron chi connectivity index (χ4n) is 1.52. The molecule has 0 atom stereocenters. The van der Waals surface area contributed by atoms with Gasteiger partial charge in [-0.05, 0) is 12.8 Å². The smallest absolute Gasteiger partial charge is 0.136 e. The third kappa shape index (κ3) is 4.18. The summed E-state index contributed by atoms with van der Waals surface area (Å²) in [5.74, 6) is 0.368. The van der Waals surface area contributed by atoms with Crippen molar-refractivity contribution in [1.82, 2.24) is 0 Å². The van der Waals surface area contributed by atoms with Crippen LogP contribution in [-0.4, -0.2) is 5.78 Å². The number of carbonyl (C=O) groups excluding carboxylic acids is 1. The Bertz CT molecular complexity index is 106. The average molecular weight is 153 g/mol. The van der Waals surface area contributed by atoms with Gasteiger partial charge in [0.2, 0.25) is 0 Å². The van der Waals surface area contributed by atoms with Crippen molar-refractivity contribution in [3.05, 3.63) is 6.42 Å². The van der Waals surface area contributed by atoms with Gasteiger partial charge in [0, 0.05) is 12.8 Å². The van der Waals surface area contributed by atoms with Crippen molar-refractivity contribution >= 4 is 5.78 Å². The normalized spacial score (nSPS) is 23.1. The third-order valence-electron chi connectivity index (χ3n) is 2.25. The SMILES string of the molecule is O=C1[CH]CCCCCCCC1. The summed E-state index contributed by atoms with van der Waals surface area (Å²) in [6.07, 6.45) is 11.3. The van der Waals surface area contributed by atoms with Gasteiger partial charge in [0.15, 0.2) is 0 Å². The molecule has 1 radical (unpaired) electrons. The van der Waals surface area contributed by atoms with E-state index in [0.717, 1.165) is 19.3 Å². The molecule has 0 bridgehead atoms. The fourth-order valence-corrected chi connectivity index (χ4v) is 1.52. The molecular weight excluding hydrogens is 136 g/mol. The van der Waals surface area contributed by atoms with E-state index in [2.05, 4.69) is 0 Å². The highest BCUT2D eigenvalue weighted by Gasteiger charge is 2.03. The largest absolute Gasteiger partial charge is 0.299 e. The van der Waals surface area contributed by atoms with E-state index < -0.39 is 0 Å². The number of carbonyl (C=O) groups is 1. The summed E-state index contributed by atoms with van der Waals surface area (Å²) in [4.78, 5) is 11.0. The lowest BCUT2D eigenvalue weighted by molar-refractivity contribution is -0.116. The van der Waals surface area contributed by atoms with E-state index in [1.165, 1.54) is 32.1 Å². The Balaban J connectivity index is 2.17. The molecule has 0 aromatic heterocycles. The molecule has 1 fully saturated rings. The van der Waals surface area contributed by atoms with Gasteiger partial charge in [-0.25, -0.2) is 0 Å². The summed E-state index contributed by atoms with van der Waals surface area (Å²) in [7, 11) is 0. The van der Waals surface area contributed by atoms with Crippen LogP contribution in [-0.2, 0) is 4.79 Å². The monoisotopic (exact) mass is 153 g/mol. The van der Waals surface area contributed by atoms with Crippen molar-refractivity contribution in [3.8, 4) is 0 Å². The molecule has 1 heteroatoms. The summed E-state index contributed by atoms with van der Waals surface area (Å²) < 4.78 is 0. The van der Waals surface area contributed by atoms with Crippen molar-refractivity contribution in [2.45, 2.75) is 51.4 Å². The van der Waals surface area contributed by atoms with Crippen LogP contribution >= 0.6 is 0 Å². The summed E-state index contributed by atoms with van der Waals surface area (Å²) in [5, 5.41) is 0. The predicted molar refractivity (Wildman–Crippen MR) is 46.2 cm³/mol. The Morgan fingerprint density at radius 3 is 2.36 bits per heavy atom. The molecule has 1 nitrogen and oxygen atoms in total. The molecule has 0 N–H and O–H groups in total. The number of rotatable bonds is 0. The fraction of sp³-hybridized carbons (Fsp3) is 0.800. The second-order valence-corrected chi connectivity index (χ2v) is 3.33. The summed E-state index contributed by atoms with van der Waals surface area (Å²) in [6.45, 7) is 0. The molecule has 0 spiro atoms. The van der Waals surface area contributed by atoms with Crippen molar-refractivity contribution in [3.63, 3.8) is 0 Å². The maximum atomic E-state index is 11.0. The molecule has 0 unspecified atom stereocenters. The maximum absolute atomic E-state index is 11.0. The molecule has 0 aromatic carbocycles. The van der Waals surface area contributed by atoms with Gasteiger partial charge >= 0.3 is 0 Å². The van der Waals surface area contributed by atoms with Gasteiger partial charge in [-0.1, -0.05) is 32.1 Å². The van der Waals surface area contributed by atoms with E-state index in [4.69, 9.17) is 0 Å². The first-order chi connectivity index (χ1) is 5.39. The molecule has 1 saturated carbocycles. The molecule has 0 aliphatic heterocycles. The van der Waals surface area contributed by atoms with Crippen LogP contribution in [0.15, 0.2) is 0 Å². The van der Waals surface area contributed by atoms with Gasteiger partial charge in [0.1, 0.15) is 5.78 Å². The number of Topliss-reactive ketones (excluding diaryl/α,β-unsaturated/α-hetero) is 1. The van der Waals surface area contributed by atoms with E-state index in [9.17, 15) is 4.79 Å². The number of hydrogen-bond acceptors (Lipinski definition) is 1. The molecule has 1 aliphatic carbocycles. The van der Waals surface area contributed by atoms with E-state index in [-0.39, 0.29) is 0 Å².